The number of rotatable bonds is 7. The van der Waals surface area contributed by atoms with E-state index in [9.17, 15) is 14.4 Å². The quantitative estimate of drug-likeness (QED) is 0.316. The van der Waals surface area contributed by atoms with Crippen LogP contribution in [0.25, 0.3) is 0 Å². The van der Waals surface area contributed by atoms with Crippen LogP contribution < -0.4 is 10.2 Å². The van der Waals surface area contributed by atoms with Gasteiger partial charge in [-0.25, -0.2) is 14.9 Å². The molecule has 0 bridgehead atoms. The Balaban J connectivity index is 1.48. The molecule has 2 fully saturated rings. The molecule has 1 N–H and O–H groups in total. The zero-order valence-electron chi connectivity index (χ0n) is 21.7. The molecular formula is C26H35N5O4S2. The molecule has 0 unspecified atom stereocenters. The Morgan fingerprint density at radius 1 is 1.14 bits per heavy atom. The lowest BCUT2D eigenvalue weighted by Crippen LogP contribution is -2.49. The number of thioether (sulfide) groups is 1. The molecule has 4 rings (SSSR count). The number of piperidine rings is 2. The Morgan fingerprint density at radius 3 is 2.38 bits per heavy atom. The smallest absolute Gasteiger partial charge is 0.245 e. The van der Waals surface area contributed by atoms with E-state index < -0.39 is 0 Å². The lowest BCUT2D eigenvalue weighted by Gasteiger charge is -2.34. The van der Waals surface area contributed by atoms with E-state index in [1.165, 1.54) is 34.1 Å². The van der Waals surface area contributed by atoms with Gasteiger partial charge in [0.05, 0.1) is 22.4 Å². The van der Waals surface area contributed by atoms with Crippen LogP contribution in [0, 0.1) is 11.8 Å². The fourth-order valence-corrected chi connectivity index (χ4v) is 6.31. The normalized spacial score (nSPS) is 17.5. The zero-order chi connectivity index (χ0) is 26.6. The van der Waals surface area contributed by atoms with Crippen LogP contribution in [0.3, 0.4) is 0 Å². The fraction of sp³-hybridized carbons (Fsp3) is 0.577. The second-order valence-electron chi connectivity index (χ2n) is 10.5. The molecule has 0 aliphatic carbocycles. The van der Waals surface area contributed by atoms with Gasteiger partial charge in [-0.15, -0.1) is 11.8 Å². The zero-order valence-corrected chi connectivity index (χ0v) is 23.3. The summed E-state index contributed by atoms with van der Waals surface area (Å²) in [6.45, 7) is 12.2. The van der Waals surface area contributed by atoms with Crippen LogP contribution in [-0.4, -0.2) is 58.8 Å². The van der Waals surface area contributed by atoms with Crippen LogP contribution in [-0.2, 0) is 25.6 Å². The highest BCUT2D eigenvalue weighted by atomic mass is 32.2. The van der Waals surface area contributed by atoms with Crippen molar-refractivity contribution in [1.29, 1.82) is 0 Å². The van der Waals surface area contributed by atoms with Gasteiger partial charge in [0.2, 0.25) is 23.6 Å². The van der Waals surface area contributed by atoms with E-state index in [0.717, 1.165) is 23.1 Å². The van der Waals surface area contributed by atoms with Crippen LogP contribution in [0.5, 0.6) is 0 Å². The number of oxazole rings is 1. The van der Waals surface area contributed by atoms with Gasteiger partial charge in [0.1, 0.15) is 5.76 Å². The first kappa shape index (κ1) is 27.5. The van der Waals surface area contributed by atoms with Crippen LogP contribution in [0.15, 0.2) is 33.7 Å². The molecule has 11 heteroatoms. The molecule has 0 spiro atoms. The van der Waals surface area contributed by atoms with Gasteiger partial charge in [-0.1, -0.05) is 38.7 Å². The van der Waals surface area contributed by atoms with Crippen LogP contribution in [0.4, 0.5) is 5.13 Å². The second kappa shape index (κ2) is 11.9. The van der Waals surface area contributed by atoms with E-state index in [0.29, 0.717) is 55.5 Å². The van der Waals surface area contributed by atoms with Crippen molar-refractivity contribution in [3.05, 3.63) is 36.7 Å². The maximum atomic E-state index is 13.7. The van der Waals surface area contributed by atoms with E-state index in [4.69, 9.17) is 4.42 Å². The SMILES string of the molecule is C=CC(=O)N1CCC(C(=O)N(C(=O)C2CCNCC2)c2ncc(SCc3ncc(C(C)(C)C)o3)s2)CC1. The molecule has 2 saturated heterocycles. The first-order valence-corrected chi connectivity index (χ1v) is 14.5. The van der Waals surface area contributed by atoms with Gasteiger partial charge in [0.15, 0.2) is 5.13 Å². The molecule has 2 aliphatic heterocycles. The number of thiazole rings is 1. The molecular weight excluding hydrogens is 510 g/mol. The van der Waals surface area contributed by atoms with Crippen LogP contribution in [0.2, 0.25) is 0 Å². The van der Waals surface area contributed by atoms with Crippen molar-refractivity contribution in [3.8, 4) is 0 Å². The summed E-state index contributed by atoms with van der Waals surface area (Å²) >= 11 is 2.86. The molecule has 0 aromatic carbocycles. The van der Waals surface area contributed by atoms with E-state index in [1.54, 1.807) is 17.3 Å². The predicted octanol–water partition coefficient (Wildman–Crippen LogP) is 4.00. The van der Waals surface area contributed by atoms with Gasteiger partial charge in [0, 0.05) is 30.3 Å². The molecule has 3 amide bonds. The number of nitrogens with one attached hydrogen (secondary N) is 1. The Bertz CT molecular complexity index is 1120. The number of carbonyl (C=O) groups excluding carboxylic acids is 3. The van der Waals surface area contributed by atoms with E-state index >= 15 is 0 Å². The van der Waals surface area contributed by atoms with Crippen molar-refractivity contribution in [2.24, 2.45) is 11.8 Å². The van der Waals surface area contributed by atoms with Crippen molar-refractivity contribution >= 4 is 46.0 Å². The first-order chi connectivity index (χ1) is 17.7. The molecule has 2 aliphatic rings. The Kier molecular flexibility index (Phi) is 8.86. The lowest BCUT2D eigenvalue weighted by molar-refractivity contribution is -0.134. The monoisotopic (exact) mass is 545 g/mol. The number of nitrogens with zero attached hydrogens (tertiary/aromatic N) is 4. The Labute approximate surface area is 226 Å². The van der Waals surface area contributed by atoms with Gasteiger partial charge in [0.25, 0.3) is 0 Å². The third-order valence-electron chi connectivity index (χ3n) is 6.75. The number of anilines is 1. The minimum Gasteiger partial charge on any atom is -0.444 e. The van der Waals surface area contributed by atoms with Gasteiger partial charge in [-0.05, 0) is 44.8 Å². The maximum Gasteiger partial charge on any atom is 0.245 e. The standard InChI is InChI=1S/C26H35N5O4S2/c1-5-21(32)30-12-8-18(9-13-30)24(34)31(23(33)17-6-10-27-11-7-17)25-29-15-22(37-25)36-16-20-28-14-19(35-20)26(2,3)4/h5,14-15,17-18,27H,1,6-13,16H2,2-4H3. The number of hydrogen-bond donors (Lipinski definition) is 1. The summed E-state index contributed by atoms with van der Waals surface area (Å²) in [4.78, 5) is 51.2. The summed E-state index contributed by atoms with van der Waals surface area (Å²) < 4.78 is 6.77. The van der Waals surface area contributed by atoms with Gasteiger partial charge >= 0.3 is 0 Å². The number of hydrogen-bond acceptors (Lipinski definition) is 9. The molecule has 0 saturated carbocycles. The highest BCUT2D eigenvalue weighted by molar-refractivity contribution is 8.00. The Hall–Kier alpha value is -2.50. The summed E-state index contributed by atoms with van der Waals surface area (Å²) in [5.74, 6) is 0.924. The third-order valence-corrected chi connectivity index (χ3v) is 8.92. The predicted molar refractivity (Wildman–Crippen MR) is 144 cm³/mol. The van der Waals surface area contributed by atoms with E-state index in [-0.39, 0.29) is 35.0 Å². The maximum absolute atomic E-state index is 13.7. The van der Waals surface area contributed by atoms with Gasteiger partial charge < -0.3 is 14.6 Å². The van der Waals surface area contributed by atoms with Crippen LogP contribution in [0.1, 0.15) is 58.1 Å². The highest BCUT2D eigenvalue weighted by Gasteiger charge is 2.38. The average Bonchev–Trinajstić information content (AvgIpc) is 3.57. The fourth-order valence-electron chi connectivity index (χ4n) is 4.48. The molecule has 4 heterocycles. The van der Waals surface area contributed by atoms with Gasteiger partial charge in [-0.2, -0.15) is 0 Å². The van der Waals surface area contributed by atoms with Crippen molar-refractivity contribution in [2.75, 3.05) is 31.1 Å². The second-order valence-corrected chi connectivity index (χ2v) is 12.7. The minimum absolute atomic E-state index is 0.113. The summed E-state index contributed by atoms with van der Waals surface area (Å²) in [6, 6.07) is 0. The molecule has 37 heavy (non-hydrogen) atoms. The molecule has 0 radical (unpaired) electrons. The molecule has 2 aromatic heterocycles. The van der Waals surface area contributed by atoms with Crippen molar-refractivity contribution in [3.63, 3.8) is 0 Å². The summed E-state index contributed by atoms with van der Waals surface area (Å²) in [5, 5.41) is 3.68. The van der Waals surface area contributed by atoms with E-state index in [1.807, 2.05) is 0 Å². The summed E-state index contributed by atoms with van der Waals surface area (Å²) in [6.07, 6.45) is 7.19. The van der Waals surface area contributed by atoms with E-state index in [2.05, 4.69) is 42.6 Å². The number of likely N-dealkylation sites (tertiary alicyclic amines) is 1. The number of carbonyl (C=O) groups is 3. The topological polar surface area (TPSA) is 109 Å². The average molecular weight is 546 g/mol. The molecule has 200 valence electrons. The number of aromatic nitrogens is 2. The highest BCUT2D eigenvalue weighted by Crippen LogP contribution is 2.36. The minimum atomic E-state index is -0.331. The van der Waals surface area contributed by atoms with Crippen molar-refractivity contribution < 1.29 is 18.8 Å². The first-order valence-electron chi connectivity index (χ1n) is 12.7. The van der Waals surface area contributed by atoms with Crippen molar-refractivity contribution in [1.82, 2.24) is 20.2 Å². The number of amides is 3. The Morgan fingerprint density at radius 2 is 1.78 bits per heavy atom. The lowest BCUT2D eigenvalue weighted by atomic mass is 9.93. The number of imide groups is 1. The molecule has 9 nitrogen and oxygen atoms in total. The van der Waals surface area contributed by atoms with Crippen LogP contribution >= 0.6 is 23.1 Å². The van der Waals surface area contributed by atoms with Gasteiger partial charge in [-0.3, -0.25) is 14.4 Å². The molecule has 0 atom stereocenters. The molecule has 2 aromatic rings. The largest absolute Gasteiger partial charge is 0.444 e. The summed E-state index contributed by atoms with van der Waals surface area (Å²) in [7, 11) is 0. The summed E-state index contributed by atoms with van der Waals surface area (Å²) in [5.41, 5.74) is -0.113. The third kappa shape index (κ3) is 6.69. The van der Waals surface area contributed by atoms with Crippen molar-refractivity contribution in [2.45, 2.75) is 61.8 Å².